The van der Waals surface area contributed by atoms with E-state index in [-0.39, 0.29) is 0 Å². The van der Waals surface area contributed by atoms with Crippen LogP contribution in [0.1, 0.15) is 11.1 Å². The maximum absolute atomic E-state index is 2.47. The normalized spacial score (nSPS) is 12.8. The third-order valence-corrected chi connectivity index (χ3v) is 6.91. The third-order valence-electron chi connectivity index (χ3n) is 3.41. The maximum atomic E-state index is 2.47. The number of aryl methyl sites for hydroxylation is 2. The molecule has 0 nitrogen and oxygen atoms in total. The first-order chi connectivity index (χ1) is 8.17. The van der Waals surface area contributed by atoms with E-state index in [9.17, 15) is 0 Å². The lowest BCUT2D eigenvalue weighted by Gasteiger charge is -2.19. The number of hydrogen-bond donors (Lipinski definition) is 0. The standard InChI is InChI=1S/C16H30Si2/c1-17(2,3)13-11-15-9-7-8-10-16(15)12-14-18(4,5)6/h7-10H,11-14H2,1-6H3. The molecular weight excluding hydrogens is 248 g/mol. The Hall–Kier alpha value is -0.346. The van der Waals surface area contributed by atoms with Crippen molar-refractivity contribution < 1.29 is 0 Å². The molecule has 1 aromatic rings. The summed E-state index contributed by atoms with van der Waals surface area (Å²) in [6, 6.07) is 11.9. The van der Waals surface area contributed by atoms with E-state index in [4.69, 9.17) is 0 Å². The van der Waals surface area contributed by atoms with Gasteiger partial charge in [0, 0.05) is 16.1 Å². The zero-order valence-electron chi connectivity index (χ0n) is 13.1. The van der Waals surface area contributed by atoms with Crippen LogP contribution in [0.4, 0.5) is 0 Å². The largest absolute Gasteiger partial charge is 0.0695 e. The van der Waals surface area contributed by atoms with Crippen molar-refractivity contribution in [2.45, 2.75) is 64.2 Å². The van der Waals surface area contributed by atoms with Crippen LogP contribution in [-0.2, 0) is 12.8 Å². The van der Waals surface area contributed by atoms with Crippen molar-refractivity contribution in [1.29, 1.82) is 0 Å². The second-order valence-corrected chi connectivity index (χ2v) is 19.1. The first-order valence-electron chi connectivity index (χ1n) is 7.24. The summed E-state index contributed by atoms with van der Waals surface area (Å²) in [6.45, 7) is 14.8. The van der Waals surface area contributed by atoms with E-state index in [0.717, 1.165) is 0 Å². The van der Waals surface area contributed by atoms with E-state index < -0.39 is 16.1 Å². The van der Waals surface area contributed by atoms with Gasteiger partial charge >= 0.3 is 0 Å². The summed E-state index contributed by atoms with van der Waals surface area (Å²) in [6.07, 6.45) is 2.58. The highest BCUT2D eigenvalue weighted by molar-refractivity contribution is 6.76. The number of rotatable bonds is 6. The molecule has 0 aliphatic rings. The molecule has 1 rings (SSSR count). The van der Waals surface area contributed by atoms with Crippen molar-refractivity contribution in [3.63, 3.8) is 0 Å². The van der Waals surface area contributed by atoms with Crippen LogP contribution >= 0.6 is 0 Å². The van der Waals surface area contributed by atoms with Crippen molar-refractivity contribution in [2.75, 3.05) is 0 Å². The average Bonchev–Trinajstić information content (AvgIpc) is 2.22. The summed E-state index contributed by atoms with van der Waals surface area (Å²) in [4.78, 5) is 0. The second-order valence-electron chi connectivity index (χ2n) is 7.89. The van der Waals surface area contributed by atoms with E-state index in [1.165, 1.54) is 24.9 Å². The Bertz CT molecular complexity index is 332. The molecule has 0 fully saturated rings. The quantitative estimate of drug-likeness (QED) is 0.607. The molecule has 0 unspecified atom stereocenters. The van der Waals surface area contributed by atoms with Crippen molar-refractivity contribution in [1.82, 2.24) is 0 Å². The number of benzene rings is 1. The van der Waals surface area contributed by atoms with Gasteiger partial charge < -0.3 is 0 Å². The van der Waals surface area contributed by atoms with Gasteiger partial charge in [0.2, 0.25) is 0 Å². The Morgan fingerprint density at radius 2 is 1.00 bits per heavy atom. The second kappa shape index (κ2) is 6.20. The topological polar surface area (TPSA) is 0 Å². The van der Waals surface area contributed by atoms with Crippen LogP contribution in [0.3, 0.4) is 0 Å². The molecule has 0 spiro atoms. The Morgan fingerprint density at radius 1 is 0.667 bits per heavy atom. The van der Waals surface area contributed by atoms with Crippen molar-refractivity contribution in [2.24, 2.45) is 0 Å². The molecule has 0 aromatic heterocycles. The highest BCUT2D eigenvalue weighted by Gasteiger charge is 2.16. The van der Waals surface area contributed by atoms with Crippen molar-refractivity contribution in [3.05, 3.63) is 35.4 Å². The van der Waals surface area contributed by atoms with Crippen LogP contribution in [0.25, 0.3) is 0 Å². The minimum absolute atomic E-state index is 0.914. The van der Waals surface area contributed by atoms with Crippen molar-refractivity contribution >= 4 is 16.1 Å². The van der Waals surface area contributed by atoms with E-state index >= 15 is 0 Å². The fourth-order valence-electron chi connectivity index (χ4n) is 2.06. The highest BCUT2D eigenvalue weighted by Crippen LogP contribution is 2.20. The Kier molecular flexibility index (Phi) is 5.41. The van der Waals surface area contributed by atoms with Crippen LogP contribution in [0.2, 0.25) is 51.4 Å². The van der Waals surface area contributed by atoms with Gasteiger partial charge in [0.05, 0.1) is 0 Å². The Labute approximate surface area is 116 Å². The lowest BCUT2D eigenvalue weighted by Crippen LogP contribution is -2.21. The molecule has 18 heavy (non-hydrogen) atoms. The zero-order valence-corrected chi connectivity index (χ0v) is 15.1. The van der Waals surface area contributed by atoms with Gasteiger partial charge in [0.1, 0.15) is 0 Å². The molecule has 0 atom stereocenters. The molecule has 0 N–H and O–H groups in total. The molecule has 0 saturated heterocycles. The predicted molar refractivity (Wildman–Crippen MR) is 90.2 cm³/mol. The first-order valence-corrected chi connectivity index (χ1v) is 14.7. The molecule has 0 aliphatic carbocycles. The monoisotopic (exact) mass is 278 g/mol. The van der Waals surface area contributed by atoms with Gasteiger partial charge in [-0.05, 0) is 24.0 Å². The van der Waals surface area contributed by atoms with Crippen LogP contribution in [0, 0.1) is 0 Å². The average molecular weight is 279 g/mol. The minimum Gasteiger partial charge on any atom is -0.0695 e. The molecular formula is C16H30Si2. The molecule has 0 saturated carbocycles. The summed E-state index contributed by atoms with van der Waals surface area (Å²) in [5.41, 5.74) is 3.22. The molecule has 0 aliphatic heterocycles. The Morgan fingerprint density at radius 3 is 1.28 bits per heavy atom. The van der Waals surface area contributed by atoms with Gasteiger partial charge in [-0.15, -0.1) is 0 Å². The van der Waals surface area contributed by atoms with Crippen LogP contribution in [0.5, 0.6) is 0 Å². The third kappa shape index (κ3) is 6.55. The summed E-state index contributed by atoms with van der Waals surface area (Å²) in [5, 5.41) is 0. The highest BCUT2D eigenvalue weighted by atomic mass is 28.3. The molecule has 102 valence electrons. The van der Waals surface area contributed by atoms with Gasteiger partial charge in [0.15, 0.2) is 0 Å². The fraction of sp³-hybridized carbons (Fsp3) is 0.625. The molecule has 0 heterocycles. The van der Waals surface area contributed by atoms with E-state index in [1.807, 2.05) is 0 Å². The van der Waals surface area contributed by atoms with Crippen LogP contribution in [-0.4, -0.2) is 16.1 Å². The molecule has 1 aromatic carbocycles. The summed E-state index contributed by atoms with van der Waals surface area (Å²) in [5.74, 6) is 0. The van der Waals surface area contributed by atoms with Gasteiger partial charge in [0.25, 0.3) is 0 Å². The Balaban J connectivity index is 2.68. The lowest BCUT2D eigenvalue weighted by atomic mass is 10.0. The van der Waals surface area contributed by atoms with Crippen LogP contribution in [0.15, 0.2) is 24.3 Å². The van der Waals surface area contributed by atoms with E-state index in [1.54, 1.807) is 11.1 Å². The van der Waals surface area contributed by atoms with Crippen molar-refractivity contribution in [3.8, 4) is 0 Å². The van der Waals surface area contributed by atoms with Gasteiger partial charge in [-0.3, -0.25) is 0 Å². The van der Waals surface area contributed by atoms with Gasteiger partial charge in [-0.1, -0.05) is 75.6 Å². The van der Waals surface area contributed by atoms with Gasteiger partial charge in [-0.2, -0.15) is 0 Å². The molecule has 2 heteroatoms. The molecule has 0 amide bonds. The lowest BCUT2D eigenvalue weighted by molar-refractivity contribution is 1.00. The number of hydrogen-bond acceptors (Lipinski definition) is 0. The maximum Gasteiger partial charge on any atom is 0.0445 e. The molecule has 0 radical (unpaired) electrons. The summed E-state index contributed by atoms with van der Waals surface area (Å²) >= 11 is 0. The SMILES string of the molecule is C[Si](C)(C)CCc1ccccc1CC[Si](C)(C)C. The van der Waals surface area contributed by atoms with Gasteiger partial charge in [-0.25, -0.2) is 0 Å². The zero-order chi connectivity index (χ0) is 13.8. The smallest absolute Gasteiger partial charge is 0.0445 e. The molecule has 0 bridgehead atoms. The van der Waals surface area contributed by atoms with E-state index in [0.29, 0.717) is 0 Å². The summed E-state index contributed by atoms with van der Waals surface area (Å²) in [7, 11) is -1.83. The predicted octanol–water partition coefficient (Wildman–Crippen LogP) is 5.45. The first kappa shape index (κ1) is 15.7. The minimum atomic E-state index is -0.914. The van der Waals surface area contributed by atoms with Crippen LogP contribution < -0.4 is 0 Å². The summed E-state index contributed by atoms with van der Waals surface area (Å²) < 4.78 is 0. The van der Waals surface area contributed by atoms with E-state index in [2.05, 4.69) is 63.5 Å². The fourth-order valence-corrected chi connectivity index (χ4v) is 4.10.